The molecular formula is C29H27FN4O2. The fraction of sp³-hybridized carbons (Fsp3) is 0.207. The molecule has 5 aromatic rings. The average molecular weight is 483 g/mol. The van der Waals surface area contributed by atoms with Crippen LogP contribution in [0, 0.1) is 5.82 Å². The highest BCUT2D eigenvalue weighted by molar-refractivity contribution is 6.07. The molecule has 7 heteroatoms. The number of aromatic nitrogens is 3. The molecule has 5 rings (SSSR count). The minimum atomic E-state index is -0.382. The molecule has 0 bridgehead atoms. The van der Waals surface area contributed by atoms with Gasteiger partial charge in [0.15, 0.2) is 0 Å². The second kappa shape index (κ2) is 10.2. The van der Waals surface area contributed by atoms with Crippen LogP contribution in [0.5, 0.6) is 0 Å². The number of carbonyl (C=O) groups is 1. The Balaban J connectivity index is 1.41. The van der Waals surface area contributed by atoms with E-state index in [1.807, 2.05) is 54.0 Å². The lowest BCUT2D eigenvalue weighted by molar-refractivity contribution is -0.122. The zero-order valence-corrected chi connectivity index (χ0v) is 20.0. The number of amides is 1. The fourth-order valence-electron chi connectivity index (χ4n) is 4.62. The summed E-state index contributed by atoms with van der Waals surface area (Å²) in [5.74, 6) is -0.608. The topological polar surface area (TPSA) is 68.9 Å². The number of nitrogens with one attached hydrogen (secondary N) is 1. The number of benzene rings is 3. The first kappa shape index (κ1) is 23.5. The van der Waals surface area contributed by atoms with Crippen molar-refractivity contribution in [2.75, 3.05) is 0 Å². The predicted octanol–water partition coefficient (Wildman–Crippen LogP) is 4.68. The maximum atomic E-state index is 14.5. The van der Waals surface area contributed by atoms with Crippen molar-refractivity contribution < 1.29 is 9.18 Å². The molecule has 6 nitrogen and oxygen atoms in total. The number of aryl methyl sites for hydroxylation is 1. The van der Waals surface area contributed by atoms with E-state index in [2.05, 4.69) is 22.5 Å². The zero-order valence-electron chi connectivity index (χ0n) is 20.0. The molecule has 2 aromatic heterocycles. The van der Waals surface area contributed by atoms with Gasteiger partial charge >= 0.3 is 0 Å². The number of carbonyl (C=O) groups excluding carboxylic acids is 1. The molecule has 0 spiro atoms. The van der Waals surface area contributed by atoms with Crippen LogP contribution in [-0.4, -0.2) is 26.3 Å². The number of para-hydroxylation sites is 1. The molecule has 1 atom stereocenters. The Hall–Kier alpha value is -4.26. The van der Waals surface area contributed by atoms with Crippen molar-refractivity contribution in [3.63, 3.8) is 0 Å². The number of halogens is 1. The molecule has 1 N–H and O–H groups in total. The Morgan fingerprint density at radius 2 is 1.69 bits per heavy atom. The Labute approximate surface area is 208 Å². The molecule has 0 aliphatic rings. The standard InChI is InChI=1S/C29H27FN4O2/c1-20(15-16-21-9-3-2-4-10-21)32-27(35)19-34-29(36)28-24(17-31-34)23-12-6-8-14-26(23)33(28)18-22-11-5-7-13-25(22)30/h2-14,17,20H,15-16,18-19H2,1H3,(H,32,35)/t20-/m1/s1. The molecule has 0 aliphatic heterocycles. The second-order valence-electron chi connectivity index (χ2n) is 9.06. The Bertz CT molecular complexity index is 1590. The highest BCUT2D eigenvalue weighted by atomic mass is 19.1. The summed E-state index contributed by atoms with van der Waals surface area (Å²) < 4.78 is 17.5. The Morgan fingerprint density at radius 1 is 0.972 bits per heavy atom. The summed E-state index contributed by atoms with van der Waals surface area (Å²) in [5.41, 5.74) is 2.52. The van der Waals surface area contributed by atoms with Gasteiger partial charge in [0.2, 0.25) is 5.91 Å². The molecule has 0 unspecified atom stereocenters. The van der Waals surface area contributed by atoms with Crippen LogP contribution < -0.4 is 10.9 Å². The number of nitrogens with zero attached hydrogens (tertiary/aromatic N) is 3. The maximum absolute atomic E-state index is 14.5. The number of fused-ring (bicyclic) bond motifs is 3. The molecule has 1 amide bonds. The third kappa shape index (κ3) is 4.77. The van der Waals surface area contributed by atoms with Crippen LogP contribution in [0.4, 0.5) is 4.39 Å². The van der Waals surface area contributed by atoms with Crippen molar-refractivity contribution in [3.8, 4) is 0 Å². The van der Waals surface area contributed by atoms with E-state index in [-0.39, 0.29) is 36.4 Å². The van der Waals surface area contributed by atoms with Gasteiger partial charge < -0.3 is 9.88 Å². The molecule has 0 saturated carbocycles. The van der Waals surface area contributed by atoms with Gasteiger partial charge in [-0.15, -0.1) is 0 Å². The summed E-state index contributed by atoms with van der Waals surface area (Å²) in [6.45, 7) is 1.96. The summed E-state index contributed by atoms with van der Waals surface area (Å²) in [7, 11) is 0. The third-order valence-electron chi connectivity index (χ3n) is 6.47. The average Bonchev–Trinajstić information content (AvgIpc) is 3.20. The van der Waals surface area contributed by atoms with Crippen molar-refractivity contribution in [1.82, 2.24) is 19.7 Å². The van der Waals surface area contributed by atoms with E-state index in [0.717, 1.165) is 23.7 Å². The minimum absolute atomic E-state index is 0.0513. The van der Waals surface area contributed by atoms with Gasteiger partial charge in [0.1, 0.15) is 17.9 Å². The Morgan fingerprint density at radius 3 is 2.50 bits per heavy atom. The van der Waals surface area contributed by atoms with E-state index in [9.17, 15) is 14.0 Å². The first-order chi connectivity index (χ1) is 17.5. The van der Waals surface area contributed by atoms with Crippen LogP contribution in [0.3, 0.4) is 0 Å². The van der Waals surface area contributed by atoms with Crippen LogP contribution in [0.1, 0.15) is 24.5 Å². The number of rotatable bonds is 8. The largest absolute Gasteiger partial charge is 0.352 e. The van der Waals surface area contributed by atoms with Crippen LogP contribution >= 0.6 is 0 Å². The highest BCUT2D eigenvalue weighted by Gasteiger charge is 2.18. The molecule has 2 heterocycles. The van der Waals surface area contributed by atoms with E-state index in [4.69, 9.17) is 0 Å². The van der Waals surface area contributed by atoms with E-state index in [0.29, 0.717) is 16.5 Å². The smallest absolute Gasteiger partial charge is 0.291 e. The van der Waals surface area contributed by atoms with Gasteiger partial charge in [0, 0.05) is 27.9 Å². The number of hydrogen-bond donors (Lipinski definition) is 1. The van der Waals surface area contributed by atoms with Crippen molar-refractivity contribution >= 4 is 27.7 Å². The molecule has 0 radical (unpaired) electrons. The zero-order chi connectivity index (χ0) is 25.1. The van der Waals surface area contributed by atoms with Gasteiger partial charge in [0.25, 0.3) is 5.56 Å². The van der Waals surface area contributed by atoms with Crippen LogP contribution in [0.25, 0.3) is 21.8 Å². The predicted molar refractivity (Wildman–Crippen MR) is 139 cm³/mol. The van der Waals surface area contributed by atoms with Gasteiger partial charge in [-0.2, -0.15) is 5.10 Å². The SMILES string of the molecule is C[C@H](CCc1ccccc1)NC(=O)Cn1ncc2c3ccccc3n(Cc3ccccc3F)c2c1=O. The molecule has 0 saturated heterocycles. The van der Waals surface area contributed by atoms with Crippen LogP contribution in [0.2, 0.25) is 0 Å². The summed E-state index contributed by atoms with van der Waals surface area (Å²) in [5, 5.41) is 8.80. The third-order valence-corrected chi connectivity index (χ3v) is 6.47. The van der Waals surface area contributed by atoms with E-state index >= 15 is 0 Å². The monoisotopic (exact) mass is 482 g/mol. The summed E-state index contributed by atoms with van der Waals surface area (Å²) in [6.07, 6.45) is 3.25. The summed E-state index contributed by atoms with van der Waals surface area (Å²) in [4.78, 5) is 26.3. The van der Waals surface area contributed by atoms with Gasteiger partial charge in [-0.3, -0.25) is 9.59 Å². The van der Waals surface area contributed by atoms with Crippen molar-refractivity contribution in [3.05, 3.63) is 112 Å². The van der Waals surface area contributed by atoms with Gasteiger partial charge in [-0.25, -0.2) is 9.07 Å². The lowest BCUT2D eigenvalue weighted by Gasteiger charge is -2.14. The van der Waals surface area contributed by atoms with Crippen molar-refractivity contribution in [2.45, 2.75) is 38.9 Å². The normalized spacial score (nSPS) is 12.2. The maximum Gasteiger partial charge on any atom is 0.291 e. The summed E-state index contributed by atoms with van der Waals surface area (Å²) >= 11 is 0. The van der Waals surface area contributed by atoms with E-state index < -0.39 is 0 Å². The molecular weight excluding hydrogens is 455 g/mol. The van der Waals surface area contributed by atoms with Crippen molar-refractivity contribution in [2.24, 2.45) is 0 Å². The molecule has 0 aliphatic carbocycles. The molecule has 0 fully saturated rings. The Kier molecular flexibility index (Phi) is 6.62. The lowest BCUT2D eigenvalue weighted by Crippen LogP contribution is -2.38. The van der Waals surface area contributed by atoms with E-state index in [1.165, 1.54) is 16.3 Å². The molecule has 182 valence electrons. The molecule has 3 aromatic carbocycles. The first-order valence-corrected chi connectivity index (χ1v) is 12.0. The first-order valence-electron chi connectivity index (χ1n) is 12.0. The second-order valence-corrected chi connectivity index (χ2v) is 9.06. The van der Waals surface area contributed by atoms with Gasteiger partial charge in [-0.05, 0) is 37.5 Å². The number of hydrogen-bond acceptors (Lipinski definition) is 3. The fourth-order valence-corrected chi connectivity index (χ4v) is 4.62. The van der Waals surface area contributed by atoms with Crippen molar-refractivity contribution in [1.29, 1.82) is 0 Å². The van der Waals surface area contributed by atoms with Gasteiger partial charge in [0.05, 0.1) is 12.7 Å². The molecule has 36 heavy (non-hydrogen) atoms. The van der Waals surface area contributed by atoms with Crippen LogP contribution in [0.15, 0.2) is 89.9 Å². The summed E-state index contributed by atoms with van der Waals surface area (Å²) in [6, 6.07) is 24.2. The van der Waals surface area contributed by atoms with Gasteiger partial charge in [-0.1, -0.05) is 66.7 Å². The quantitative estimate of drug-likeness (QED) is 0.349. The van der Waals surface area contributed by atoms with E-state index in [1.54, 1.807) is 24.4 Å². The highest BCUT2D eigenvalue weighted by Crippen LogP contribution is 2.27. The minimum Gasteiger partial charge on any atom is -0.352 e. The lowest BCUT2D eigenvalue weighted by atomic mass is 10.1. The van der Waals surface area contributed by atoms with Crippen LogP contribution in [-0.2, 0) is 24.3 Å².